The molecule has 1 fully saturated rings. The van der Waals surface area contributed by atoms with Crippen molar-refractivity contribution in [3.63, 3.8) is 0 Å². The van der Waals surface area contributed by atoms with E-state index in [4.69, 9.17) is 4.74 Å². The van der Waals surface area contributed by atoms with Crippen molar-refractivity contribution in [2.45, 2.75) is 0 Å². The third-order valence-electron chi connectivity index (χ3n) is 5.24. The van der Waals surface area contributed by atoms with Gasteiger partial charge in [0, 0.05) is 31.6 Å². The molecule has 4 heterocycles. The summed E-state index contributed by atoms with van der Waals surface area (Å²) in [5, 5.41) is 3.53. The number of carbonyl (C=O) groups is 1. The van der Waals surface area contributed by atoms with Crippen LogP contribution in [0.3, 0.4) is 0 Å². The number of nitrogens with one attached hydrogen (secondary N) is 1. The summed E-state index contributed by atoms with van der Waals surface area (Å²) in [4.78, 5) is 24.1. The van der Waals surface area contributed by atoms with E-state index in [1.807, 2.05) is 28.7 Å². The van der Waals surface area contributed by atoms with E-state index < -0.39 is 5.82 Å². The summed E-state index contributed by atoms with van der Waals surface area (Å²) in [6, 6.07) is 10.7. The maximum atomic E-state index is 13.8. The molecule has 1 aliphatic heterocycles. The number of para-hydroxylation sites is 2. The Bertz CT molecular complexity index is 1220. The normalized spacial score (nSPS) is 15.3. The molecule has 0 atom stereocenters. The Morgan fingerprint density at radius 1 is 1.17 bits per heavy atom. The van der Waals surface area contributed by atoms with Gasteiger partial charge in [0.25, 0.3) is 5.91 Å². The topological polar surface area (TPSA) is 71.8 Å². The van der Waals surface area contributed by atoms with Gasteiger partial charge in [-0.05, 0) is 24.3 Å². The zero-order chi connectivity index (χ0) is 19.8. The SMILES string of the molecule is O=C(NCCN1CCOCC1)c1cc2cc(F)cnc2n2c1nc1ccccc12. The maximum Gasteiger partial charge on any atom is 0.255 e. The molecule has 0 radical (unpaired) electrons. The number of pyridine rings is 2. The van der Waals surface area contributed by atoms with Crippen molar-refractivity contribution in [2.75, 3.05) is 39.4 Å². The lowest BCUT2D eigenvalue weighted by atomic mass is 10.2. The summed E-state index contributed by atoms with van der Waals surface area (Å²) in [5.41, 5.74) is 3.08. The molecule has 1 aromatic carbocycles. The highest BCUT2D eigenvalue weighted by molar-refractivity contribution is 6.05. The van der Waals surface area contributed by atoms with Gasteiger partial charge in [-0.2, -0.15) is 0 Å². The number of nitrogens with zero attached hydrogens (tertiary/aromatic N) is 4. The quantitative estimate of drug-likeness (QED) is 0.576. The first kappa shape index (κ1) is 18.0. The van der Waals surface area contributed by atoms with Crippen LogP contribution in [0.2, 0.25) is 0 Å². The molecule has 1 aliphatic rings. The third-order valence-corrected chi connectivity index (χ3v) is 5.24. The first-order chi connectivity index (χ1) is 14.2. The molecule has 0 unspecified atom stereocenters. The molecule has 5 rings (SSSR count). The van der Waals surface area contributed by atoms with Crippen molar-refractivity contribution < 1.29 is 13.9 Å². The Balaban J connectivity index is 1.54. The van der Waals surface area contributed by atoms with E-state index in [1.165, 1.54) is 12.3 Å². The Kier molecular flexibility index (Phi) is 4.57. The fourth-order valence-electron chi connectivity index (χ4n) is 3.80. The van der Waals surface area contributed by atoms with Crippen molar-refractivity contribution in [3.8, 4) is 0 Å². The van der Waals surface area contributed by atoms with Crippen LogP contribution in [0.1, 0.15) is 10.4 Å². The minimum atomic E-state index is -0.444. The molecule has 0 spiro atoms. The van der Waals surface area contributed by atoms with Crippen LogP contribution in [0.4, 0.5) is 4.39 Å². The van der Waals surface area contributed by atoms with Gasteiger partial charge < -0.3 is 10.1 Å². The Morgan fingerprint density at radius 2 is 2.00 bits per heavy atom. The minimum absolute atomic E-state index is 0.232. The molecule has 8 heteroatoms. The second-order valence-corrected chi connectivity index (χ2v) is 7.09. The van der Waals surface area contributed by atoms with Crippen LogP contribution < -0.4 is 5.32 Å². The van der Waals surface area contributed by atoms with E-state index in [0.717, 1.165) is 43.9 Å². The largest absolute Gasteiger partial charge is 0.379 e. The predicted octanol–water partition coefficient (Wildman–Crippen LogP) is 2.24. The average Bonchev–Trinajstić information content (AvgIpc) is 3.13. The molecule has 7 nitrogen and oxygen atoms in total. The third kappa shape index (κ3) is 3.30. The highest BCUT2D eigenvalue weighted by Crippen LogP contribution is 2.25. The smallest absolute Gasteiger partial charge is 0.255 e. The summed E-state index contributed by atoms with van der Waals surface area (Å²) in [7, 11) is 0. The molecule has 148 valence electrons. The van der Waals surface area contributed by atoms with Gasteiger partial charge in [-0.3, -0.25) is 14.1 Å². The maximum absolute atomic E-state index is 13.8. The molecule has 1 N–H and O–H groups in total. The number of carbonyl (C=O) groups excluding carboxylic acids is 1. The molecule has 4 aromatic rings. The molecule has 1 saturated heterocycles. The number of halogens is 1. The van der Waals surface area contributed by atoms with Crippen LogP contribution in [-0.4, -0.2) is 64.6 Å². The lowest BCUT2D eigenvalue weighted by molar-refractivity contribution is 0.0383. The number of aromatic nitrogens is 3. The fraction of sp³-hybridized carbons (Fsp3) is 0.286. The monoisotopic (exact) mass is 393 g/mol. The van der Waals surface area contributed by atoms with Crippen molar-refractivity contribution in [1.82, 2.24) is 24.6 Å². The predicted molar refractivity (Wildman–Crippen MR) is 108 cm³/mol. The molecule has 29 heavy (non-hydrogen) atoms. The number of imidazole rings is 1. The second kappa shape index (κ2) is 7.38. The number of fused-ring (bicyclic) bond motifs is 5. The van der Waals surface area contributed by atoms with E-state index in [-0.39, 0.29) is 5.91 Å². The summed E-state index contributed by atoms with van der Waals surface area (Å²) in [5.74, 6) is -0.676. The second-order valence-electron chi connectivity index (χ2n) is 7.09. The van der Waals surface area contributed by atoms with Crippen LogP contribution in [0.25, 0.3) is 27.7 Å². The van der Waals surface area contributed by atoms with Gasteiger partial charge in [0.15, 0.2) is 5.65 Å². The van der Waals surface area contributed by atoms with Gasteiger partial charge in [-0.1, -0.05) is 12.1 Å². The van der Waals surface area contributed by atoms with E-state index >= 15 is 0 Å². The number of benzene rings is 1. The molecule has 0 bridgehead atoms. The number of hydrogen-bond acceptors (Lipinski definition) is 5. The molecular formula is C21H20FN5O2. The molecule has 1 amide bonds. The molecule has 0 saturated carbocycles. The number of rotatable bonds is 4. The van der Waals surface area contributed by atoms with Crippen LogP contribution in [0.15, 0.2) is 42.6 Å². The summed E-state index contributed by atoms with van der Waals surface area (Å²) < 4.78 is 21.0. The van der Waals surface area contributed by atoms with Crippen LogP contribution >= 0.6 is 0 Å². The van der Waals surface area contributed by atoms with Crippen molar-refractivity contribution >= 4 is 33.6 Å². The molecule has 0 aliphatic carbocycles. The number of morpholine rings is 1. The number of amides is 1. The van der Waals surface area contributed by atoms with Gasteiger partial charge in [-0.15, -0.1) is 0 Å². The standard InChI is InChI=1S/C21H20FN5O2/c22-15-11-14-12-16(21(28)23-5-6-26-7-9-29-10-8-26)20-25-17-3-1-2-4-18(17)27(20)19(14)24-13-15/h1-4,11-13H,5-10H2,(H,23,28). The van der Waals surface area contributed by atoms with Gasteiger partial charge >= 0.3 is 0 Å². The summed E-state index contributed by atoms with van der Waals surface area (Å²) in [6.07, 6.45) is 1.18. The van der Waals surface area contributed by atoms with Gasteiger partial charge in [0.05, 0.1) is 36.0 Å². The van der Waals surface area contributed by atoms with Crippen molar-refractivity contribution in [3.05, 3.63) is 54.0 Å². The summed E-state index contributed by atoms with van der Waals surface area (Å²) in [6.45, 7) is 4.45. The summed E-state index contributed by atoms with van der Waals surface area (Å²) >= 11 is 0. The fourth-order valence-corrected chi connectivity index (χ4v) is 3.80. The number of ether oxygens (including phenoxy) is 1. The first-order valence-corrected chi connectivity index (χ1v) is 9.64. The van der Waals surface area contributed by atoms with E-state index in [1.54, 1.807) is 6.07 Å². The average molecular weight is 393 g/mol. The van der Waals surface area contributed by atoms with Gasteiger partial charge in [-0.25, -0.2) is 14.4 Å². The lowest BCUT2D eigenvalue weighted by Gasteiger charge is -2.26. The molecular weight excluding hydrogens is 373 g/mol. The minimum Gasteiger partial charge on any atom is -0.379 e. The first-order valence-electron chi connectivity index (χ1n) is 9.64. The van der Waals surface area contributed by atoms with Crippen LogP contribution in [0.5, 0.6) is 0 Å². The number of hydrogen-bond donors (Lipinski definition) is 1. The van der Waals surface area contributed by atoms with Crippen molar-refractivity contribution in [2.24, 2.45) is 0 Å². The zero-order valence-corrected chi connectivity index (χ0v) is 15.8. The highest BCUT2D eigenvalue weighted by atomic mass is 19.1. The van der Waals surface area contributed by atoms with Crippen molar-refractivity contribution in [1.29, 1.82) is 0 Å². The van der Waals surface area contributed by atoms with Gasteiger partial charge in [0.2, 0.25) is 0 Å². The Hall–Kier alpha value is -3.10. The van der Waals surface area contributed by atoms with Gasteiger partial charge in [0.1, 0.15) is 11.5 Å². The zero-order valence-electron chi connectivity index (χ0n) is 15.8. The van der Waals surface area contributed by atoms with E-state index in [9.17, 15) is 9.18 Å². The Morgan fingerprint density at radius 3 is 2.86 bits per heavy atom. The lowest BCUT2D eigenvalue weighted by Crippen LogP contribution is -2.41. The van der Waals surface area contributed by atoms with E-state index in [0.29, 0.717) is 28.8 Å². The van der Waals surface area contributed by atoms with E-state index in [2.05, 4.69) is 20.2 Å². The Labute approximate surface area is 166 Å². The molecule has 3 aromatic heterocycles. The highest BCUT2D eigenvalue weighted by Gasteiger charge is 2.19. The van der Waals surface area contributed by atoms with Crippen LogP contribution in [-0.2, 0) is 4.74 Å². The van der Waals surface area contributed by atoms with Crippen LogP contribution in [0, 0.1) is 5.82 Å².